The Morgan fingerprint density at radius 3 is 2.08 bits per heavy atom. The van der Waals surface area contributed by atoms with E-state index in [-0.39, 0.29) is 19.1 Å². The maximum Gasteiger partial charge on any atom is 0.355 e. The van der Waals surface area contributed by atoms with Crippen LogP contribution in [0, 0.1) is 0 Å². The van der Waals surface area contributed by atoms with Crippen LogP contribution in [0.1, 0.15) is 60.2 Å². The fourth-order valence-corrected chi connectivity index (χ4v) is 3.11. The van der Waals surface area contributed by atoms with Gasteiger partial charge in [-0.1, -0.05) is 44.2 Å². The molecule has 0 amide bonds. The van der Waals surface area contributed by atoms with Crippen molar-refractivity contribution in [1.82, 2.24) is 4.57 Å². The van der Waals surface area contributed by atoms with Crippen LogP contribution in [-0.2, 0) is 16.5 Å². The third-order valence-electron chi connectivity index (χ3n) is 4.00. The van der Waals surface area contributed by atoms with Crippen LogP contribution in [-0.4, -0.2) is 29.7 Å². The molecule has 0 aliphatic heterocycles. The smallest absolute Gasteiger partial charge is 0.355 e. The van der Waals surface area contributed by atoms with E-state index in [1.54, 1.807) is 25.5 Å². The number of ether oxygens (including phenoxy) is 2. The van der Waals surface area contributed by atoms with Gasteiger partial charge in [0.2, 0.25) is 0 Å². The second-order valence-corrected chi connectivity index (χ2v) is 6.00. The summed E-state index contributed by atoms with van der Waals surface area (Å²) in [6.07, 6.45) is 0. The monoisotopic (exact) mass is 343 g/mol. The minimum Gasteiger partial charge on any atom is -0.462 e. The quantitative estimate of drug-likeness (QED) is 0.739. The van der Waals surface area contributed by atoms with Gasteiger partial charge < -0.3 is 14.0 Å². The first kappa shape index (κ1) is 18.8. The number of carbonyl (C=O) groups is 2. The molecule has 0 N–H and O–H groups in total. The number of carbonyl (C=O) groups excluding carboxylic acids is 2. The minimum absolute atomic E-state index is 0.0371. The number of hydrogen-bond acceptors (Lipinski definition) is 4. The van der Waals surface area contributed by atoms with Crippen molar-refractivity contribution < 1.29 is 19.1 Å². The largest absolute Gasteiger partial charge is 0.462 e. The predicted molar refractivity (Wildman–Crippen MR) is 96.9 cm³/mol. The maximum atomic E-state index is 12.7. The number of aromatic nitrogens is 1. The van der Waals surface area contributed by atoms with E-state index in [0.29, 0.717) is 16.8 Å². The molecule has 5 heteroatoms. The standard InChI is InChI=1S/C20H25NO4/c1-6-24-19(22)16-15(14-11-9-8-10-12-14)18(20(23)25-7-2)21(5)17(16)13(3)4/h8-13H,6-7H2,1-5H3. The van der Waals surface area contributed by atoms with Crippen LogP contribution >= 0.6 is 0 Å². The molecule has 0 unspecified atom stereocenters. The first-order valence-corrected chi connectivity index (χ1v) is 8.56. The summed E-state index contributed by atoms with van der Waals surface area (Å²) >= 11 is 0. The normalized spacial score (nSPS) is 10.8. The SMILES string of the molecule is CCOC(=O)c1c(-c2ccccc2)c(C(=O)OCC)n(C)c1C(C)C. The fourth-order valence-electron chi connectivity index (χ4n) is 3.11. The molecule has 2 aromatic rings. The van der Waals surface area contributed by atoms with E-state index in [4.69, 9.17) is 9.47 Å². The molecule has 0 radical (unpaired) electrons. The molecular weight excluding hydrogens is 318 g/mol. The molecular formula is C20H25NO4. The van der Waals surface area contributed by atoms with Gasteiger partial charge in [-0.25, -0.2) is 9.59 Å². The summed E-state index contributed by atoms with van der Waals surface area (Å²) in [7, 11) is 1.79. The van der Waals surface area contributed by atoms with Crippen molar-refractivity contribution in [3.63, 3.8) is 0 Å². The van der Waals surface area contributed by atoms with E-state index >= 15 is 0 Å². The summed E-state index contributed by atoms with van der Waals surface area (Å²) in [5.41, 5.74) is 2.94. The van der Waals surface area contributed by atoms with Gasteiger partial charge in [0.25, 0.3) is 0 Å². The van der Waals surface area contributed by atoms with Gasteiger partial charge in [-0.3, -0.25) is 0 Å². The number of rotatable bonds is 6. The molecule has 0 bridgehead atoms. The van der Waals surface area contributed by atoms with Crippen LogP contribution in [0.3, 0.4) is 0 Å². The van der Waals surface area contributed by atoms with Crippen LogP contribution < -0.4 is 0 Å². The average Bonchev–Trinajstić information content (AvgIpc) is 2.89. The second-order valence-electron chi connectivity index (χ2n) is 6.00. The van der Waals surface area contributed by atoms with E-state index in [0.717, 1.165) is 11.3 Å². The van der Waals surface area contributed by atoms with Crippen molar-refractivity contribution in [2.24, 2.45) is 7.05 Å². The molecule has 1 aromatic carbocycles. The molecule has 0 spiro atoms. The Morgan fingerprint density at radius 2 is 1.56 bits per heavy atom. The van der Waals surface area contributed by atoms with E-state index < -0.39 is 11.9 Å². The van der Waals surface area contributed by atoms with Gasteiger partial charge in [-0.15, -0.1) is 0 Å². The van der Waals surface area contributed by atoms with Gasteiger partial charge in [0.05, 0.1) is 18.8 Å². The minimum atomic E-state index is -0.443. The highest BCUT2D eigenvalue weighted by atomic mass is 16.5. The Labute approximate surface area is 148 Å². The molecule has 0 aliphatic rings. The Bertz CT molecular complexity index is 760. The van der Waals surface area contributed by atoms with Crippen molar-refractivity contribution in [3.05, 3.63) is 47.3 Å². The number of hydrogen-bond donors (Lipinski definition) is 0. The highest BCUT2D eigenvalue weighted by Gasteiger charge is 2.32. The summed E-state index contributed by atoms with van der Waals surface area (Å²) in [6.45, 7) is 8.05. The first-order valence-electron chi connectivity index (χ1n) is 8.56. The van der Waals surface area contributed by atoms with Crippen molar-refractivity contribution >= 4 is 11.9 Å². The summed E-state index contributed by atoms with van der Waals surface area (Å²) in [5, 5.41) is 0. The highest BCUT2D eigenvalue weighted by molar-refractivity contribution is 6.07. The summed E-state index contributed by atoms with van der Waals surface area (Å²) < 4.78 is 12.3. The molecule has 0 aliphatic carbocycles. The molecule has 1 aromatic heterocycles. The van der Waals surface area contributed by atoms with E-state index in [9.17, 15) is 9.59 Å². The van der Waals surface area contributed by atoms with Crippen LogP contribution in [0.2, 0.25) is 0 Å². The van der Waals surface area contributed by atoms with E-state index in [2.05, 4.69) is 0 Å². The molecule has 5 nitrogen and oxygen atoms in total. The molecule has 0 saturated heterocycles. The topological polar surface area (TPSA) is 57.5 Å². The van der Waals surface area contributed by atoms with Crippen LogP contribution in [0.25, 0.3) is 11.1 Å². The lowest BCUT2D eigenvalue weighted by molar-refractivity contribution is 0.0512. The van der Waals surface area contributed by atoms with Crippen molar-refractivity contribution in [2.75, 3.05) is 13.2 Å². The Kier molecular flexibility index (Phi) is 6.02. The lowest BCUT2D eigenvalue weighted by atomic mass is 9.97. The lowest BCUT2D eigenvalue weighted by Gasteiger charge is -2.11. The Morgan fingerprint density at radius 1 is 1.00 bits per heavy atom. The molecule has 0 saturated carbocycles. The number of esters is 2. The third kappa shape index (κ3) is 3.60. The van der Waals surface area contributed by atoms with Gasteiger partial charge in [0.15, 0.2) is 0 Å². The van der Waals surface area contributed by atoms with Gasteiger partial charge >= 0.3 is 11.9 Å². The molecule has 25 heavy (non-hydrogen) atoms. The van der Waals surface area contributed by atoms with Gasteiger partial charge in [0, 0.05) is 18.3 Å². The summed E-state index contributed by atoms with van der Waals surface area (Å²) in [4.78, 5) is 25.4. The van der Waals surface area contributed by atoms with Gasteiger partial charge in [0.1, 0.15) is 5.69 Å². The molecule has 2 rings (SSSR count). The Balaban J connectivity index is 2.85. The summed E-state index contributed by atoms with van der Waals surface area (Å²) in [6, 6.07) is 9.40. The fraction of sp³-hybridized carbons (Fsp3) is 0.400. The second kappa shape index (κ2) is 8.01. The Hall–Kier alpha value is -2.56. The van der Waals surface area contributed by atoms with Crippen LogP contribution in [0.15, 0.2) is 30.3 Å². The molecule has 0 fully saturated rings. The molecule has 0 atom stereocenters. The zero-order chi connectivity index (χ0) is 18.6. The molecule has 1 heterocycles. The van der Waals surface area contributed by atoms with Crippen molar-refractivity contribution in [3.8, 4) is 11.1 Å². The lowest BCUT2D eigenvalue weighted by Crippen LogP contribution is -2.13. The average molecular weight is 343 g/mol. The van der Waals surface area contributed by atoms with Gasteiger partial charge in [-0.2, -0.15) is 0 Å². The summed E-state index contributed by atoms with van der Waals surface area (Å²) in [5.74, 6) is -0.826. The maximum absolute atomic E-state index is 12.7. The zero-order valence-corrected chi connectivity index (χ0v) is 15.5. The third-order valence-corrected chi connectivity index (χ3v) is 4.00. The highest BCUT2D eigenvalue weighted by Crippen LogP contribution is 2.36. The van der Waals surface area contributed by atoms with E-state index in [1.165, 1.54) is 0 Å². The van der Waals surface area contributed by atoms with Crippen LogP contribution in [0.4, 0.5) is 0 Å². The molecule has 134 valence electrons. The van der Waals surface area contributed by atoms with Crippen molar-refractivity contribution in [1.29, 1.82) is 0 Å². The predicted octanol–water partition coefficient (Wildman–Crippen LogP) is 4.17. The first-order chi connectivity index (χ1) is 11.9. The van der Waals surface area contributed by atoms with Crippen molar-refractivity contribution in [2.45, 2.75) is 33.6 Å². The van der Waals surface area contributed by atoms with Gasteiger partial charge in [-0.05, 0) is 25.3 Å². The van der Waals surface area contributed by atoms with E-state index in [1.807, 2.05) is 44.2 Å². The zero-order valence-electron chi connectivity index (χ0n) is 15.5. The number of benzene rings is 1. The number of nitrogens with zero attached hydrogens (tertiary/aromatic N) is 1. The van der Waals surface area contributed by atoms with Crippen LogP contribution in [0.5, 0.6) is 0 Å².